The Balaban J connectivity index is 2.38. The average molecular weight is 264 g/mol. The smallest absolute Gasteiger partial charge is 0.165 e. The van der Waals surface area contributed by atoms with Crippen LogP contribution in [0.5, 0.6) is 5.75 Å². The molecule has 1 unspecified atom stereocenters. The van der Waals surface area contributed by atoms with Crippen LogP contribution in [0.25, 0.3) is 0 Å². The normalized spacial score (nSPS) is 12.3. The molecule has 0 aromatic heterocycles. The SMILES string of the molecule is COc1ccc(C(O)c2ccc(C)cc2F)cc1F. The van der Waals surface area contributed by atoms with Gasteiger partial charge in [0.05, 0.1) is 7.11 Å². The Kier molecular flexibility index (Phi) is 3.81. The molecule has 0 saturated heterocycles. The Morgan fingerprint density at radius 3 is 2.37 bits per heavy atom. The van der Waals surface area contributed by atoms with Crippen molar-refractivity contribution >= 4 is 0 Å². The molecule has 0 fully saturated rings. The summed E-state index contributed by atoms with van der Waals surface area (Å²) in [4.78, 5) is 0. The Morgan fingerprint density at radius 2 is 1.79 bits per heavy atom. The number of aliphatic hydroxyl groups is 1. The van der Waals surface area contributed by atoms with E-state index < -0.39 is 17.7 Å². The molecule has 0 bridgehead atoms. The summed E-state index contributed by atoms with van der Waals surface area (Å²) >= 11 is 0. The van der Waals surface area contributed by atoms with E-state index in [0.717, 1.165) is 11.6 Å². The van der Waals surface area contributed by atoms with E-state index in [1.54, 1.807) is 13.0 Å². The van der Waals surface area contributed by atoms with Crippen LogP contribution in [0.1, 0.15) is 22.8 Å². The molecule has 0 aliphatic carbocycles. The summed E-state index contributed by atoms with van der Waals surface area (Å²) in [7, 11) is 1.36. The van der Waals surface area contributed by atoms with Gasteiger partial charge < -0.3 is 9.84 Å². The quantitative estimate of drug-likeness (QED) is 0.921. The number of hydrogen-bond acceptors (Lipinski definition) is 2. The molecule has 0 radical (unpaired) electrons. The van der Waals surface area contributed by atoms with Crippen molar-refractivity contribution in [3.05, 3.63) is 64.7 Å². The summed E-state index contributed by atoms with van der Waals surface area (Å²) in [6.07, 6.45) is -1.21. The molecular formula is C15H14F2O2. The third kappa shape index (κ3) is 2.74. The Labute approximate surface area is 110 Å². The third-order valence-corrected chi connectivity index (χ3v) is 2.94. The van der Waals surface area contributed by atoms with Gasteiger partial charge in [-0.25, -0.2) is 8.78 Å². The van der Waals surface area contributed by atoms with E-state index in [1.807, 2.05) is 0 Å². The van der Waals surface area contributed by atoms with E-state index in [1.165, 1.54) is 31.4 Å². The first-order valence-electron chi connectivity index (χ1n) is 5.80. The molecule has 0 aliphatic rings. The summed E-state index contributed by atoms with van der Waals surface area (Å²) in [6, 6.07) is 8.58. The van der Waals surface area contributed by atoms with E-state index in [4.69, 9.17) is 4.74 Å². The number of methoxy groups -OCH3 is 1. The van der Waals surface area contributed by atoms with Crippen molar-refractivity contribution in [3.8, 4) is 5.75 Å². The lowest BCUT2D eigenvalue weighted by Gasteiger charge is -2.14. The number of rotatable bonds is 3. The number of aryl methyl sites for hydroxylation is 1. The molecule has 1 atom stereocenters. The lowest BCUT2D eigenvalue weighted by molar-refractivity contribution is 0.214. The second kappa shape index (κ2) is 5.36. The fourth-order valence-corrected chi connectivity index (χ4v) is 1.89. The summed E-state index contributed by atoms with van der Waals surface area (Å²) < 4.78 is 32.1. The zero-order valence-corrected chi connectivity index (χ0v) is 10.7. The van der Waals surface area contributed by atoms with Gasteiger partial charge in [-0.2, -0.15) is 0 Å². The minimum Gasteiger partial charge on any atom is -0.494 e. The van der Waals surface area contributed by atoms with Crippen LogP contribution < -0.4 is 4.74 Å². The number of halogens is 2. The molecular weight excluding hydrogens is 250 g/mol. The molecule has 0 amide bonds. The highest BCUT2D eigenvalue weighted by atomic mass is 19.1. The van der Waals surface area contributed by atoms with Crippen LogP contribution in [0.4, 0.5) is 8.78 Å². The summed E-state index contributed by atoms with van der Waals surface area (Å²) in [5.41, 5.74) is 1.16. The highest BCUT2D eigenvalue weighted by Crippen LogP contribution is 2.28. The van der Waals surface area contributed by atoms with E-state index in [2.05, 4.69) is 0 Å². The van der Waals surface area contributed by atoms with Crippen molar-refractivity contribution in [1.82, 2.24) is 0 Å². The molecule has 19 heavy (non-hydrogen) atoms. The van der Waals surface area contributed by atoms with Gasteiger partial charge in [-0.3, -0.25) is 0 Å². The summed E-state index contributed by atoms with van der Waals surface area (Å²) in [5.74, 6) is -1.02. The largest absolute Gasteiger partial charge is 0.494 e. The average Bonchev–Trinajstić information content (AvgIpc) is 2.38. The molecule has 2 nitrogen and oxygen atoms in total. The fraction of sp³-hybridized carbons (Fsp3) is 0.200. The van der Waals surface area contributed by atoms with Gasteiger partial charge in [0.2, 0.25) is 0 Å². The highest BCUT2D eigenvalue weighted by Gasteiger charge is 2.16. The molecule has 2 aromatic carbocycles. The Bertz CT molecular complexity index is 597. The zero-order valence-electron chi connectivity index (χ0n) is 10.7. The maximum atomic E-state index is 13.8. The van der Waals surface area contributed by atoms with Crippen LogP contribution in [0.2, 0.25) is 0 Å². The summed E-state index contributed by atoms with van der Waals surface area (Å²) in [6.45, 7) is 1.76. The van der Waals surface area contributed by atoms with E-state index in [-0.39, 0.29) is 16.9 Å². The standard InChI is InChI=1S/C15H14F2O2/c1-9-3-5-11(12(16)7-9)15(18)10-4-6-14(19-2)13(17)8-10/h3-8,15,18H,1-2H3. The monoisotopic (exact) mass is 264 g/mol. The van der Waals surface area contributed by atoms with Gasteiger partial charge in [0, 0.05) is 5.56 Å². The van der Waals surface area contributed by atoms with Crippen molar-refractivity contribution < 1.29 is 18.6 Å². The highest BCUT2D eigenvalue weighted by molar-refractivity contribution is 5.36. The molecule has 0 heterocycles. The van der Waals surface area contributed by atoms with Crippen LogP contribution >= 0.6 is 0 Å². The molecule has 0 aliphatic heterocycles. The Hall–Kier alpha value is -1.94. The van der Waals surface area contributed by atoms with Gasteiger partial charge >= 0.3 is 0 Å². The molecule has 0 spiro atoms. The van der Waals surface area contributed by atoms with Crippen LogP contribution in [-0.2, 0) is 0 Å². The van der Waals surface area contributed by atoms with Gasteiger partial charge in [-0.1, -0.05) is 18.2 Å². The molecule has 2 aromatic rings. The van der Waals surface area contributed by atoms with Crippen molar-refractivity contribution in [2.24, 2.45) is 0 Å². The predicted octanol–water partition coefficient (Wildman–Crippen LogP) is 3.36. The van der Waals surface area contributed by atoms with Crippen LogP contribution in [0.15, 0.2) is 36.4 Å². The first-order chi connectivity index (χ1) is 9.02. The lowest BCUT2D eigenvalue weighted by atomic mass is 9.99. The second-order valence-electron chi connectivity index (χ2n) is 4.32. The number of hydrogen-bond donors (Lipinski definition) is 1. The third-order valence-electron chi connectivity index (χ3n) is 2.94. The molecule has 4 heteroatoms. The van der Waals surface area contributed by atoms with E-state index in [9.17, 15) is 13.9 Å². The molecule has 1 N–H and O–H groups in total. The number of benzene rings is 2. The van der Waals surface area contributed by atoms with Gasteiger partial charge in [-0.15, -0.1) is 0 Å². The first kappa shape index (κ1) is 13.5. The van der Waals surface area contributed by atoms with Gasteiger partial charge in [-0.05, 0) is 36.2 Å². The fourth-order valence-electron chi connectivity index (χ4n) is 1.89. The van der Waals surface area contributed by atoms with Crippen LogP contribution in [0.3, 0.4) is 0 Å². The second-order valence-corrected chi connectivity index (χ2v) is 4.32. The molecule has 0 saturated carbocycles. The van der Waals surface area contributed by atoms with Crippen molar-refractivity contribution in [2.75, 3.05) is 7.11 Å². The van der Waals surface area contributed by atoms with Crippen LogP contribution in [0, 0.1) is 18.6 Å². The summed E-state index contributed by atoms with van der Waals surface area (Å²) in [5, 5.41) is 10.1. The minimum atomic E-state index is -1.21. The topological polar surface area (TPSA) is 29.5 Å². The minimum absolute atomic E-state index is 0.0836. The van der Waals surface area contributed by atoms with Gasteiger partial charge in [0.1, 0.15) is 11.9 Å². The van der Waals surface area contributed by atoms with Gasteiger partial charge in [0.15, 0.2) is 11.6 Å². The molecule has 100 valence electrons. The predicted molar refractivity (Wildman–Crippen MR) is 68.2 cm³/mol. The van der Waals surface area contributed by atoms with Crippen molar-refractivity contribution in [2.45, 2.75) is 13.0 Å². The van der Waals surface area contributed by atoms with Crippen molar-refractivity contribution in [3.63, 3.8) is 0 Å². The lowest BCUT2D eigenvalue weighted by Crippen LogP contribution is -2.03. The van der Waals surface area contributed by atoms with Crippen LogP contribution in [-0.4, -0.2) is 12.2 Å². The van der Waals surface area contributed by atoms with Gasteiger partial charge in [0.25, 0.3) is 0 Å². The maximum absolute atomic E-state index is 13.8. The molecule has 2 rings (SSSR count). The van der Waals surface area contributed by atoms with E-state index in [0.29, 0.717) is 0 Å². The number of aliphatic hydroxyl groups excluding tert-OH is 1. The maximum Gasteiger partial charge on any atom is 0.165 e. The first-order valence-corrected chi connectivity index (χ1v) is 5.80. The zero-order chi connectivity index (χ0) is 14.0. The van der Waals surface area contributed by atoms with Crippen molar-refractivity contribution in [1.29, 1.82) is 0 Å². The van der Waals surface area contributed by atoms with E-state index >= 15 is 0 Å². The number of ether oxygens (including phenoxy) is 1. The Morgan fingerprint density at radius 1 is 1.05 bits per heavy atom.